The average Bonchev–Trinajstić information content (AvgIpc) is 2.67. The molecule has 1 amide bonds. The minimum absolute atomic E-state index is 0.297. The number of para-hydroxylation sites is 1. The van der Waals surface area contributed by atoms with E-state index in [4.69, 9.17) is 0 Å². The minimum Gasteiger partial charge on any atom is -0.373 e. The molecule has 2 atom stereocenters. The van der Waals surface area contributed by atoms with Crippen LogP contribution in [0.4, 0.5) is 5.69 Å². The molecule has 1 heterocycles. The van der Waals surface area contributed by atoms with Gasteiger partial charge in [0, 0.05) is 5.69 Å². The first-order valence-corrected chi connectivity index (χ1v) is 7.94. The van der Waals surface area contributed by atoms with Crippen molar-refractivity contribution < 1.29 is 9.90 Å². The third-order valence-corrected chi connectivity index (χ3v) is 4.56. The Bertz CT molecular complexity index is 849. The van der Waals surface area contributed by atoms with Gasteiger partial charge in [0.1, 0.15) is 6.04 Å². The highest BCUT2D eigenvalue weighted by Crippen LogP contribution is 2.51. The van der Waals surface area contributed by atoms with Crippen LogP contribution in [0.25, 0.3) is 0 Å². The molecular formula is C21H17NO2. The fourth-order valence-electron chi connectivity index (χ4n) is 3.39. The van der Waals surface area contributed by atoms with Gasteiger partial charge in [-0.15, -0.1) is 0 Å². The maximum absolute atomic E-state index is 12.9. The normalized spacial score (nSPS) is 23.0. The van der Waals surface area contributed by atoms with Crippen LogP contribution in [0.3, 0.4) is 0 Å². The number of anilines is 1. The van der Waals surface area contributed by atoms with Gasteiger partial charge in [0.25, 0.3) is 5.91 Å². The number of amides is 1. The third-order valence-electron chi connectivity index (χ3n) is 4.56. The molecule has 0 spiro atoms. The summed E-state index contributed by atoms with van der Waals surface area (Å²) in [5.74, 6) is -0.297. The number of rotatable bonds is 3. The van der Waals surface area contributed by atoms with E-state index >= 15 is 0 Å². The van der Waals surface area contributed by atoms with Crippen molar-refractivity contribution in [1.29, 1.82) is 0 Å². The maximum Gasteiger partial charge on any atom is 0.266 e. The van der Waals surface area contributed by atoms with Gasteiger partial charge in [-0.05, 0) is 23.3 Å². The van der Waals surface area contributed by atoms with Gasteiger partial charge >= 0.3 is 0 Å². The van der Waals surface area contributed by atoms with Crippen LogP contribution in [0.5, 0.6) is 0 Å². The molecule has 3 nitrogen and oxygen atoms in total. The quantitative estimate of drug-likeness (QED) is 0.749. The van der Waals surface area contributed by atoms with Crippen LogP contribution in [0, 0.1) is 0 Å². The Balaban J connectivity index is 1.85. The summed E-state index contributed by atoms with van der Waals surface area (Å²) in [6.45, 7) is 0. The predicted molar refractivity (Wildman–Crippen MR) is 93.4 cm³/mol. The SMILES string of the molecule is O=C1N(c2ccccc2)[C@@H](c2ccccc2)[C@@]1(O)c1ccccc1. The number of nitrogens with zero attached hydrogens (tertiary/aromatic N) is 1. The summed E-state index contributed by atoms with van der Waals surface area (Å²) in [6, 6.07) is 27.9. The van der Waals surface area contributed by atoms with E-state index in [1.165, 1.54) is 0 Å². The van der Waals surface area contributed by atoms with Gasteiger partial charge in [-0.1, -0.05) is 78.9 Å². The Hall–Kier alpha value is -2.91. The van der Waals surface area contributed by atoms with Gasteiger partial charge in [-0.3, -0.25) is 9.69 Å². The molecule has 1 aliphatic rings. The molecule has 118 valence electrons. The zero-order valence-corrected chi connectivity index (χ0v) is 13.0. The Kier molecular flexibility index (Phi) is 3.44. The molecule has 4 rings (SSSR count). The fraction of sp³-hybridized carbons (Fsp3) is 0.0952. The zero-order chi connectivity index (χ0) is 16.6. The molecule has 3 heteroatoms. The van der Waals surface area contributed by atoms with Crippen molar-refractivity contribution in [3.63, 3.8) is 0 Å². The third kappa shape index (κ3) is 2.06. The van der Waals surface area contributed by atoms with Crippen LogP contribution >= 0.6 is 0 Å². The van der Waals surface area contributed by atoms with Crippen LogP contribution in [-0.2, 0) is 10.4 Å². The molecule has 1 fully saturated rings. The minimum atomic E-state index is -1.54. The molecule has 0 radical (unpaired) electrons. The van der Waals surface area contributed by atoms with Crippen LogP contribution in [0.2, 0.25) is 0 Å². The molecule has 3 aromatic carbocycles. The van der Waals surface area contributed by atoms with Crippen molar-refractivity contribution >= 4 is 11.6 Å². The molecule has 1 aliphatic heterocycles. The highest BCUT2D eigenvalue weighted by molar-refractivity contribution is 6.08. The smallest absolute Gasteiger partial charge is 0.266 e. The monoisotopic (exact) mass is 315 g/mol. The summed E-state index contributed by atoms with van der Waals surface area (Å²) in [5.41, 5.74) is 0.777. The molecule has 1 N–H and O–H groups in total. The number of aliphatic hydroxyl groups is 1. The summed E-state index contributed by atoms with van der Waals surface area (Å²) in [4.78, 5) is 14.6. The van der Waals surface area contributed by atoms with Gasteiger partial charge in [-0.25, -0.2) is 0 Å². The van der Waals surface area contributed by atoms with Gasteiger partial charge in [0.2, 0.25) is 0 Å². The van der Waals surface area contributed by atoms with E-state index in [0.717, 1.165) is 11.3 Å². The molecule has 0 saturated carbocycles. The number of hydrogen-bond donors (Lipinski definition) is 1. The van der Waals surface area contributed by atoms with Crippen LogP contribution in [0.15, 0.2) is 91.0 Å². The zero-order valence-electron chi connectivity index (χ0n) is 13.0. The predicted octanol–water partition coefficient (Wildman–Crippen LogP) is 3.66. The summed E-state index contributed by atoms with van der Waals surface area (Å²) in [7, 11) is 0. The average molecular weight is 315 g/mol. The Morgan fingerprint density at radius 3 is 1.83 bits per heavy atom. The second-order valence-corrected chi connectivity index (χ2v) is 5.96. The Labute approximate surface area is 140 Å². The van der Waals surface area contributed by atoms with Crippen molar-refractivity contribution in [1.82, 2.24) is 0 Å². The van der Waals surface area contributed by atoms with Crippen LogP contribution in [-0.4, -0.2) is 11.0 Å². The lowest BCUT2D eigenvalue weighted by Crippen LogP contribution is -2.66. The number of carbonyl (C=O) groups excluding carboxylic acids is 1. The fourth-order valence-corrected chi connectivity index (χ4v) is 3.39. The first-order chi connectivity index (χ1) is 11.7. The van der Waals surface area contributed by atoms with Crippen molar-refractivity contribution in [3.05, 3.63) is 102 Å². The molecule has 0 aliphatic carbocycles. The summed E-state index contributed by atoms with van der Waals surface area (Å²) >= 11 is 0. The molecule has 0 aromatic heterocycles. The van der Waals surface area contributed by atoms with E-state index in [9.17, 15) is 9.90 Å². The van der Waals surface area contributed by atoms with Crippen LogP contribution < -0.4 is 4.90 Å². The van der Waals surface area contributed by atoms with Gasteiger partial charge in [-0.2, -0.15) is 0 Å². The van der Waals surface area contributed by atoms with Gasteiger partial charge in [0.15, 0.2) is 5.60 Å². The summed E-state index contributed by atoms with van der Waals surface area (Å²) < 4.78 is 0. The highest BCUT2D eigenvalue weighted by Gasteiger charge is 2.62. The molecule has 0 bridgehead atoms. The van der Waals surface area contributed by atoms with E-state index in [0.29, 0.717) is 5.56 Å². The van der Waals surface area contributed by atoms with Crippen molar-refractivity contribution in [2.45, 2.75) is 11.6 Å². The van der Waals surface area contributed by atoms with Gasteiger partial charge in [0.05, 0.1) is 0 Å². The standard InChI is InChI=1S/C21H17NO2/c23-20-21(24,17-12-6-2-7-13-17)19(16-10-4-1-5-11-16)22(20)18-14-8-3-9-15-18/h1-15,19,24H/t19-,21-/m0/s1. The lowest BCUT2D eigenvalue weighted by atomic mass is 9.73. The van der Waals surface area contributed by atoms with Crippen molar-refractivity contribution in [3.8, 4) is 0 Å². The van der Waals surface area contributed by atoms with E-state index in [2.05, 4.69) is 0 Å². The number of benzene rings is 3. The summed E-state index contributed by atoms with van der Waals surface area (Å²) in [5, 5.41) is 11.3. The Morgan fingerprint density at radius 1 is 0.750 bits per heavy atom. The lowest BCUT2D eigenvalue weighted by molar-refractivity contribution is -0.155. The van der Waals surface area contributed by atoms with Crippen molar-refractivity contribution in [2.24, 2.45) is 0 Å². The summed E-state index contributed by atoms with van der Waals surface area (Å²) in [6.07, 6.45) is 0. The molecule has 1 saturated heterocycles. The molecule has 3 aromatic rings. The second-order valence-electron chi connectivity index (χ2n) is 5.96. The second kappa shape index (κ2) is 5.62. The van der Waals surface area contributed by atoms with E-state index in [-0.39, 0.29) is 5.91 Å². The topological polar surface area (TPSA) is 40.5 Å². The van der Waals surface area contributed by atoms with E-state index in [1.807, 2.05) is 78.9 Å². The highest BCUT2D eigenvalue weighted by atomic mass is 16.3. The van der Waals surface area contributed by atoms with Crippen LogP contribution in [0.1, 0.15) is 17.2 Å². The first-order valence-electron chi connectivity index (χ1n) is 7.94. The lowest BCUT2D eigenvalue weighted by Gasteiger charge is -2.53. The number of carbonyl (C=O) groups is 1. The van der Waals surface area contributed by atoms with Gasteiger partial charge < -0.3 is 5.11 Å². The van der Waals surface area contributed by atoms with Crippen molar-refractivity contribution in [2.75, 3.05) is 4.90 Å². The number of hydrogen-bond acceptors (Lipinski definition) is 2. The molecule has 0 unspecified atom stereocenters. The molecule has 24 heavy (non-hydrogen) atoms. The van der Waals surface area contributed by atoms with E-state index < -0.39 is 11.6 Å². The first kappa shape index (κ1) is 14.7. The number of β-lactam (4-membered cyclic amide) rings is 1. The largest absolute Gasteiger partial charge is 0.373 e. The maximum atomic E-state index is 12.9. The van der Waals surface area contributed by atoms with E-state index in [1.54, 1.807) is 17.0 Å². The molecular weight excluding hydrogens is 298 g/mol. The Morgan fingerprint density at radius 2 is 1.25 bits per heavy atom.